The Kier molecular flexibility index (Phi) is 6.59. The average molecular weight is 217 g/mol. The van der Waals surface area contributed by atoms with Crippen molar-refractivity contribution in [2.45, 2.75) is 33.1 Å². The summed E-state index contributed by atoms with van der Waals surface area (Å²) in [5.74, 6) is 0. The fraction of sp³-hybridized carbons (Fsp3) is 0.467. The predicted octanol–water partition coefficient (Wildman–Crippen LogP) is 3.48. The highest BCUT2D eigenvalue weighted by Gasteiger charge is 1.88. The molecule has 1 N–H and O–H groups in total. The minimum atomic E-state index is 1.05. The zero-order chi connectivity index (χ0) is 11.6. The number of allylic oxidation sites excluding steroid dienone is 1. The third kappa shape index (κ3) is 5.72. The van der Waals surface area contributed by atoms with E-state index >= 15 is 0 Å². The topological polar surface area (TPSA) is 12.0 Å². The third-order valence-electron chi connectivity index (χ3n) is 2.56. The lowest BCUT2D eigenvalue weighted by atomic mass is 10.1. The summed E-state index contributed by atoms with van der Waals surface area (Å²) in [4.78, 5) is 0. The van der Waals surface area contributed by atoms with E-state index in [1.54, 1.807) is 0 Å². The van der Waals surface area contributed by atoms with Crippen molar-refractivity contribution in [1.82, 2.24) is 5.32 Å². The predicted molar refractivity (Wildman–Crippen MR) is 71.8 cm³/mol. The summed E-state index contributed by atoms with van der Waals surface area (Å²) in [5.41, 5.74) is 2.72. The maximum absolute atomic E-state index is 3.39. The van der Waals surface area contributed by atoms with E-state index in [0.717, 1.165) is 25.9 Å². The fourth-order valence-corrected chi connectivity index (χ4v) is 1.55. The van der Waals surface area contributed by atoms with Gasteiger partial charge in [-0.15, -0.1) is 0 Å². The van der Waals surface area contributed by atoms with E-state index < -0.39 is 0 Å². The summed E-state index contributed by atoms with van der Waals surface area (Å²) < 4.78 is 0. The minimum absolute atomic E-state index is 1.05. The van der Waals surface area contributed by atoms with Gasteiger partial charge in [0, 0.05) is 0 Å². The van der Waals surface area contributed by atoms with Crippen LogP contribution in [0.4, 0.5) is 0 Å². The summed E-state index contributed by atoms with van der Waals surface area (Å²) in [6.45, 7) is 6.54. The SMILES string of the molecule is CCCNCCC=CCc1ccc(C)cc1. The van der Waals surface area contributed by atoms with Crippen LogP contribution < -0.4 is 5.32 Å². The Morgan fingerprint density at radius 2 is 1.81 bits per heavy atom. The van der Waals surface area contributed by atoms with Gasteiger partial charge >= 0.3 is 0 Å². The van der Waals surface area contributed by atoms with Crippen molar-refractivity contribution in [2.75, 3.05) is 13.1 Å². The molecule has 88 valence electrons. The van der Waals surface area contributed by atoms with E-state index in [-0.39, 0.29) is 0 Å². The average Bonchev–Trinajstić information content (AvgIpc) is 2.30. The standard InChI is InChI=1S/C15H23N/c1-3-12-16-13-6-4-5-7-15-10-8-14(2)9-11-15/h4-5,8-11,16H,3,6-7,12-13H2,1-2H3. The van der Waals surface area contributed by atoms with Gasteiger partial charge in [-0.25, -0.2) is 0 Å². The van der Waals surface area contributed by atoms with E-state index in [1.165, 1.54) is 17.5 Å². The van der Waals surface area contributed by atoms with Crippen molar-refractivity contribution in [2.24, 2.45) is 0 Å². The Morgan fingerprint density at radius 3 is 2.50 bits per heavy atom. The van der Waals surface area contributed by atoms with Crippen molar-refractivity contribution < 1.29 is 0 Å². The summed E-state index contributed by atoms with van der Waals surface area (Å²) in [5, 5.41) is 3.39. The molecule has 0 aromatic heterocycles. The first-order chi connectivity index (χ1) is 7.83. The molecule has 0 amide bonds. The van der Waals surface area contributed by atoms with Crippen molar-refractivity contribution in [3.63, 3.8) is 0 Å². The molecule has 0 aliphatic rings. The van der Waals surface area contributed by atoms with Gasteiger partial charge in [0.1, 0.15) is 0 Å². The Labute approximate surface area is 99.6 Å². The smallest absolute Gasteiger partial charge is 0.00143 e. The van der Waals surface area contributed by atoms with Gasteiger partial charge in [-0.3, -0.25) is 0 Å². The molecule has 0 atom stereocenters. The largest absolute Gasteiger partial charge is 0.316 e. The van der Waals surface area contributed by atoms with Crippen molar-refractivity contribution >= 4 is 0 Å². The quantitative estimate of drug-likeness (QED) is 0.544. The van der Waals surface area contributed by atoms with Crippen LogP contribution in [0.1, 0.15) is 30.9 Å². The van der Waals surface area contributed by atoms with Crippen LogP contribution in [-0.4, -0.2) is 13.1 Å². The monoisotopic (exact) mass is 217 g/mol. The van der Waals surface area contributed by atoms with Gasteiger partial charge in [0.25, 0.3) is 0 Å². The molecule has 0 aliphatic heterocycles. The molecule has 1 aromatic rings. The molecule has 0 bridgehead atoms. The molecule has 0 aliphatic carbocycles. The van der Waals surface area contributed by atoms with Crippen LogP contribution in [-0.2, 0) is 6.42 Å². The lowest BCUT2D eigenvalue weighted by molar-refractivity contribution is 0.678. The maximum Gasteiger partial charge on any atom is -0.00143 e. The van der Waals surface area contributed by atoms with E-state index in [2.05, 4.69) is 55.6 Å². The maximum atomic E-state index is 3.39. The Bertz CT molecular complexity index is 298. The molecule has 1 nitrogen and oxygen atoms in total. The van der Waals surface area contributed by atoms with Gasteiger partial charge in [0.15, 0.2) is 0 Å². The van der Waals surface area contributed by atoms with Crippen molar-refractivity contribution in [1.29, 1.82) is 0 Å². The summed E-state index contributed by atoms with van der Waals surface area (Å²) in [6.07, 6.45) is 7.92. The minimum Gasteiger partial charge on any atom is -0.316 e. The molecule has 0 fully saturated rings. The van der Waals surface area contributed by atoms with Gasteiger partial charge in [0.2, 0.25) is 0 Å². The lowest BCUT2D eigenvalue weighted by Gasteiger charge is -1.99. The second kappa shape index (κ2) is 8.12. The van der Waals surface area contributed by atoms with Crippen LogP contribution in [0.5, 0.6) is 0 Å². The normalized spacial score (nSPS) is 11.1. The highest BCUT2D eigenvalue weighted by molar-refractivity contribution is 5.22. The molecule has 1 rings (SSSR count). The fourth-order valence-electron chi connectivity index (χ4n) is 1.55. The first-order valence-electron chi connectivity index (χ1n) is 6.24. The molecule has 16 heavy (non-hydrogen) atoms. The van der Waals surface area contributed by atoms with Crippen LogP contribution in [0, 0.1) is 6.92 Å². The molecule has 0 saturated carbocycles. The second-order valence-electron chi connectivity index (χ2n) is 4.20. The van der Waals surface area contributed by atoms with E-state index in [4.69, 9.17) is 0 Å². The zero-order valence-corrected chi connectivity index (χ0v) is 10.5. The Balaban J connectivity index is 2.14. The van der Waals surface area contributed by atoms with Gasteiger partial charge in [-0.05, 0) is 44.8 Å². The number of rotatable bonds is 7. The summed E-state index contributed by atoms with van der Waals surface area (Å²) >= 11 is 0. The number of nitrogens with one attached hydrogen (secondary N) is 1. The molecular formula is C15H23N. The van der Waals surface area contributed by atoms with Gasteiger partial charge < -0.3 is 5.32 Å². The van der Waals surface area contributed by atoms with E-state index in [1.807, 2.05) is 0 Å². The highest BCUT2D eigenvalue weighted by atomic mass is 14.8. The first kappa shape index (κ1) is 13.0. The van der Waals surface area contributed by atoms with Gasteiger partial charge in [-0.1, -0.05) is 48.9 Å². The van der Waals surface area contributed by atoms with E-state index in [9.17, 15) is 0 Å². The molecule has 0 spiro atoms. The van der Waals surface area contributed by atoms with Crippen LogP contribution in [0.15, 0.2) is 36.4 Å². The molecule has 1 heteroatoms. The zero-order valence-electron chi connectivity index (χ0n) is 10.5. The molecule has 0 saturated heterocycles. The number of aryl methyl sites for hydroxylation is 1. The van der Waals surface area contributed by atoms with Crippen molar-refractivity contribution in [3.05, 3.63) is 47.5 Å². The highest BCUT2D eigenvalue weighted by Crippen LogP contribution is 2.04. The number of hydrogen-bond donors (Lipinski definition) is 1. The van der Waals surface area contributed by atoms with Crippen LogP contribution in [0.2, 0.25) is 0 Å². The molecule has 0 radical (unpaired) electrons. The summed E-state index contributed by atoms with van der Waals surface area (Å²) in [7, 11) is 0. The van der Waals surface area contributed by atoms with Gasteiger partial charge in [0.05, 0.1) is 0 Å². The van der Waals surface area contributed by atoms with E-state index in [0.29, 0.717) is 0 Å². The molecule has 0 heterocycles. The molecule has 0 unspecified atom stereocenters. The van der Waals surface area contributed by atoms with Crippen LogP contribution in [0.3, 0.4) is 0 Å². The molecular weight excluding hydrogens is 194 g/mol. The lowest BCUT2D eigenvalue weighted by Crippen LogP contribution is -2.14. The molecule has 1 aromatic carbocycles. The van der Waals surface area contributed by atoms with Crippen molar-refractivity contribution in [3.8, 4) is 0 Å². The summed E-state index contributed by atoms with van der Waals surface area (Å²) in [6, 6.07) is 8.75. The first-order valence-corrected chi connectivity index (χ1v) is 6.24. The Morgan fingerprint density at radius 1 is 1.06 bits per heavy atom. The second-order valence-corrected chi connectivity index (χ2v) is 4.20. The van der Waals surface area contributed by atoms with Crippen LogP contribution >= 0.6 is 0 Å². The van der Waals surface area contributed by atoms with Gasteiger partial charge in [-0.2, -0.15) is 0 Å². The third-order valence-corrected chi connectivity index (χ3v) is 2.56. The number of benzene rings is 1. The number of hydrogen-bond acceptors (Lipinski definition) is 1. The van der Waals surface area contributed by atoms with Crippen LogP contribution in [0.25, 0.3) is 0 Å². The Hall–Kier alpha value is -1.08.